The highest BCUT2D eigenvalue weighted by Crippen LogP contribution is 2.76. The average molecular weight is 618 g/mol. The molecule has 6 rings (SSSR count). The molecule has 0 saturated carbocycles. The predicted molar refractivity (Wildman–Crippen MR) is 161 cm³/mol. The van der Waals surface area contributed by atoms with E-state index in [1.807, 2.05) is 30.3 Å². The van der Waals surface area contributed by atoms with Gasteiger partial charge in [0.1, 0.15) is 10.6 Å². The van der Waals surface area contributed by atoms with Crippen LogP contribution in [0.15, 0.2) is 97.2 Å². The van der Waals surface area contributed by atoms with Gasteiger partial charge in [-0.25, -0.2) is 4.68 Å². The number of carbonyl (C=O) groups excluding carboxylic acids is 3. The van der Waals surface area contributed by atoms with Gasteiger partial charge in [-0.05, 0) is 56.3 Å². The molecule has 44 heavy (non-hydrogen) atoms. The van der Waals surface area contributed by atoms with Crippen molar-refractivity contribution in [3.8, 4) is 5.69 Å². The van der Waals surface area contributed by atoms with Crippen molar-refractivity contribution in [3.63, 3.8) is 0 Å². The Morgan fingerprint density at radius 2 is 1.73 bits per heavy atom. The highest BCUT2D eigenvalue weighted by molar-refractivity contribution is 8.10. The Bertz CT molecular complexity index is 1820. The normalized spacial score (nSPS) is 20.7. The molecule has 2 atom stereocenters. The van der Waals surface area contributed by atoms with Crippen LogP contribution in [-0.2, 0) is 20.5 Å². The van der Waals surface area contributed by atoms with E-state index in [0.717, 1.165) is 30.0 Å². The molecule has 3 heterocycles. The molecule has 0 radical (unpaired) electrons. The van der Waals surface area contributed by atoms with Crippen molar-refractivity contribution < 1.29 is 27.6 Å². The summed E-state index contributed by atoms with van der Waals surface area (Å²) in [7, 11) is 0. The number of amides is 3. The summed E-state index contributed by atoms with van der Waals surface area (Å²) in [6.45, 7) is 3.72. The SMILES string of the molecule is C/C=C/C(=O)Nc1ccccc1[C@@]12S[C@@]1(NC(=O)c1cccc(C(F)(F)F)c1)C(=O)N(CC)c1c2cnn1-c1ccccc1. The minimum Gasteiger partial charge on any atom is -0.328 e. The number of para-hydroxylation sites is 2. The lowest BCUT2D eigenvalue weighted by Crippen LogP contribution is -2.58. The zero-order valence-electron chi connectivity index (χ0n) is 23.6. The van der Waals surface area contributed by atoms with Crippen LogP contribution in [0.25, 0.3) is 5.69 Å². The number of thioether (sulfide) groups is 1. The molecule has 3 aromatic carbocycles. The van der Waals surface area contributed by atoms with Crippen molar-refractivity contribution in [1.82, 2.24) is 15.1 Å². The maximum absolute atomic E-state index is 14.5. The molecule has 2 N–H and O–H groups in total. The summed E-state index contributed by atoms with van der Waals surface area (Å²) < 4.78 is 40.8. The first-order valence-corrected chi connectivity index (χ1v) is 14.6. The summed E-state index contributed by atoms with van der Waals surface area (Å²) in [5.41, 5.74) is 1.03. The number of allylic oxidation sites excluding steroid dienone is 1. The summed E-state index contributed by atoms with van der Waals surface area (Å²) in [5, 5.41) is 10.3. The van der Waals surface area contributed by atoms with Gasteiger partial charge in [-0.15, -0.1) is 11.8 Å². The smallest absolute Gasteiger partial charge is 0.328 e. The van der Waals surface area contributed by atoms with Crippen LogP contribution in [0, 0.1) is 0 Å². The largest absolute Gasteiger partial charge is 0.416 e. The monoisotopic (exact) mass is 617 g/mol. The summed E-state index contributed by atoms with van der Waals surface area (Å²) in [5.74, 6) is -1.21. The topological polar surface area (TPSA) is 96.3 Å². The standard InChI is InChI=1S/C32H26F3N5O3S/c1-3-11-26(41)37-25-17-9-8-16-23(25)30-24-19-36-40(22-14-6-5-7-15-22)28(24)39(4-2)29(43)31(30,44-30)38-27(42)20-12-10-13-21(18-20)32(33,34)35/h3,5-19H,4H2,1-2H3,(H,37,41)(H,38,42)/b11-3+/t30-,31-/m0/s1. The van der Waals surface area contributed by atoms with Crippen LogP contribution in [0.5, 0.6) is 0 Å². The molecule has 1 saturated heterocycles. The molecule has 8 nitrogen and oxygen atoms in total. The maximum atomic E-state index is 14.5. The van der Waals surface area contributed by atoms with Crippen LogP contribution in [0.2, 0.25) is 0 Å². The van der Waals surface area contributed by atoms with Crippen molar-refractivity contribution in [2.24, 2.45) is 0 Å². The second kappa shape index (κ2) is 10.7. The van der Waals surface area contributed by atoms with Crippen molar-refractivity contribution in [2.45, 2.75) is 29.6 Å². The Kier molecular flexibility index (Phi) is 7.11. The van der Waals surface area contributed by atoms with Crippen molar-refractivity contribution in [2.75, 3.05) is 16.8 Å². The first-order chi connectivity index (χ1) is 21.1. The molecular formula is C32H26F3N5O3S. The second-order valence-corrected chi connectivity index (χ2v) is 11.6. The zero-order chi connectivity index (χ0) is 31.3. The number of hydrogen-bond donors (Lipinski definition) is 2. The van der Waals surface area contributed by atoms with Gasteiger partial charge >= 0.3 is 6.18 Å². The zero-order valence-corrected chi connectivity index (χ0v) is 24.4. The third kappa shape index (κ3) is 4.48. The Balaban J connectivity index is 1.54. The van der Waals surface area contributed by atoms with Gasteiger partial charge in [-0.3, -0.25) is 19.3 Å². The Hall–Kier alpha value is -4.84. The fourth-order valence-corrected chi connectivity index (χ4v) is 7.33. The number of benzene rings is 3. The number of nitrogens with zero attached hydrogens (tertiary/aromatic N) is 3. The molecule has 12 heteroatoms. The fourth-order valence-electron chi connectivity index (χ4n) is 5.68. The highest BCUT2D eigenvalue weighted by Gasteiger charge is 2.81. The molecule has 1 aromatic heterocycles. The molecule has 4 aromatic rings. The highest BCUT2D eigenvalue weighted by atomic mass is 32.2. The average Bonchev–Trinajstić information content (AvgIpc) is 3.49. The minimum absolute atomic E-state index is 0.224. The van der Waals surface area contributed by atoms with E-state index in [0.29, 0.717) is 28.3 Å². The van der Waals surface area contributed by atoms with E-state index in [-0.39, 0.29) is 12.1 Å². The molecule has 1 fully saturated rings. The summed E-state index contributed by atoms with van der Waals surface area (Å²) in [6.07, 6.45) is -0.0711. The first kappa shape index (κ1) is 29.2. The third-order valence-electron chi connectivity index (χ3n) is 7.63. The van der Waals surface area contributed by atoms with Crippen LogP contribution in [0.3, 0.4) is 0 Å². The molecule has 2 aliphatic heterocycles. The molecule has 224 valence electrons. The Morgan fingerprint density at radius 1 is 1.00 bits per heavy atom. The fraction of sp³-hybridized carbons (Fsp3) is 0.188. The van der Waals surface area contributed by atoms with E-state index >= 15 is 0 Å². The number of likely N-dealkylation sites (N-methyl/N-ethyl adjacent to an activating group) is 1. The summed E-state index contributed by atoms with van der Waals surface area (Å²) >= 11 is 1.14. The van der Waals surface area contributed by atoms with E-state index in [4.69, 9.17) is 0 Å². The van der Waals surface area contributed by atoms with Crippen molar-refractivity contribution in [3.05, 3.63) is 119 Å². The lowest BCUT2D eigenvalue weighted by atomic mass is 9.81. The Morgan fingerprint density at radius 3 is 2.43 bits per heavy atom. The van der Waals surface area contributed by atoms with Gasteiger partial charge in [-0.2, -0.15) is 18.3 Å². The maximum Gasteiger partial charge on any atom is 0.416 e. The molecule has 0 unspecified atom stereocenters. The number of fused-ring (bicyclic) bond motifs is 3. The number of halogens is 3. The van der Waals surface area contributed by atoms with Crippen LogP contribution in [-0.4, -0.2) is 38.9 Å². The van der Waals surface area contributed by atoms with E-state index < -0.39 is 39.1 Å². The molecule has 0 aliphatic carbocycles. The van der Waals surface area contributed by atoms with Gasteiger partial charge in [0.2, 0.25) is 5.91 Å². The summed E-state index contributed by atoms with van der Waals surface area (Å²) in [4.78, 5) is 40.7. The van der Waals surface area contributed by atoms with Gasteiger partial charge in [0.15, 0.2) is 4.87 Å². The lowest BCUT2D eigenvalue weighted by Gasteiger charge is -2.36. The van der Waals surface area contributed by atoms with E-state index in [2.05, 4.69) is 15.7 Å². The molecule has 2 aliphatic rings. The minimum atomic E-state index is -4.66. The first-order valence-electron chi connectivity index (χ1n) is 13.8. The van der Waals surface area contributed by atoms with Gasteiger partial charge in [0.05, 0.1) is 17.4 Å². The van der Waals surface area contributed by atoms with Crippen LogP contribution >= 0.6 is 11.8 Å². The quantitative estimate of drug-likeness (QED) is 0.199. The van der Waals surface area contributed by atoms with Gasteiger partial charge < -0.3 is 10.6 Å². The number of nitrogens with one attached hydrogen (secondary N) is 2. The van der Waals surface area contributed by atoms with E-state index in [1.54, 1.807) is 55.1 Å². The molecule has 3 amide bonds. The number of carbonyl (C=O) groups is 3. The van der Waals surface area contributed by atoms with Crippen LogP contribution < -0.4 is 15.5 Å². The van der Waals surface area contributed by atoms with Gasteiger partial charge in [0.25, 0.3) is 11.8 Å². The van der Waals surface area contributed by atoms with Gasteiger partial charge in [0, 0.05) is 28.9 Å². The second-order valence-electron chi connectivity index (χ2n) is 10.2. The molecular weight excluding hydrogens is 591 g/mol. The Labute approximate surface area is 254 Å². The van der Waals surface area contributed by atoms with Crippen molar-refractivity contribution in [1.29, 1.82) is 0 Å². The van der Waals surface area contributed by atoms with Gasteiger partial charge in [-0.1, -0.05) is 48.5 Å². The molecule has 0 spiro atoms. The van der Waals surface area contributed by atoms with Crippen molar-refractivity contribution >= 4 is 41.0 Å². The van der Waals surface area contributed by atoms with E-state index in [1.165, 1.54) is 17.0 Å². The molecule has 0 bridgehead atoms. The number of aromatic nitrogens is 2. The number of alkyl halides is 3. The van der Waals surface area contributed by atoms with Crippen LogP contribution in [0.4, 0.5) is 24.7 Å². The third-order valence-corrected chi connectivity index (χ3v) is 9.36. The van der Waals surface area contributed by atoms with Crippen LogP contribution in [0.1, 0.15) is 40.9 Å². The number of hydrogen-bond acceptors (Lipinski definition) is 5. The summed E-state index contributed by atoms with van der Waals surface area (Å²) in [6, 6.07) is 20.2. The lowest BCUT2D eigenvalue weighted by molar-refractivity contribution is -0.137. The number of rotatable bonds is 7. The van der Waals surface area contributed by atoms with E-state index in [9.17, 15) is 27.6 Å². The number of anilines is 2. The predicted octanol–water partition coefficient (Wildman–Crippen LogP) is 5.89.